The summed E-state index contributed by atoms with van der Waals surface area (Å²) in [4.78, 5) is 31.1. The summed E-state index contributed by atoms with van der Waals surface area (Å²) in [5.41, 5.74) is -0.136. The van der Waals surface area contributed by atoms with Crippen molar-refractivity contribution in [2.75, 3.05) is 4.90 Å². The van der Waals surface area contributed by atoms with Crippen LogP contribution in [-0.2, 0) is 0 Å². The van der Waals surface area contributed by atoms with Gasteiger partial charge in [0.2, 0.25) is 0 Å². The normalized spacial score (nSPS) is 10.3. The maximum Gasteiger partial charge on any atom is 0.430 e. The Balaban J connectivity index is 1.83. The minimum atomic E-state index is -1.14. The number of para-hydroxylation sites is 2. The average Bonchev–Trinajstić information content (AvgIpc) is 3.23. The number of benzene rings is 2. The molecule has 4 rings (SSSR count). The van der Waals surface area contributed by atoms with Crippen LogP contribution in [-0.4, -0.2) is 27.0 Å². The zero-order valence-electron chi connectivity index (χ0n) is 17.1. The van der Waals surface area contributed by atoms with Gasteiger partial charge < -0.3 is 9.47 Å². The van der Waals surface area contributed by atoms with Crippen LogP contribution in [0.2, 0.25) is 10.0 Å². The predicted molar refractivity (Wildman–Crippen MR) is 124 cm³/mol. The number of aromatic nitrogens is 3. The monoisotopic (exact) mass is 493 g/mol. The molecule has 168 valence electrons. The predicted octanol–water partition coefficient (Wildman–Crippen LogP) is 5.65. The van der Waals surface area contributed by atoms with Crippen molar-refractivity contribution in [3.63, 3.8) is 0 Å². The zero-order valence-corrected chi connectivity index (χ0v) is 18.6. The third-order valence-electron chi connectivity index (χ3n) is 4.33. The van der Waals surface area contributed by atoms with Gasteiger partial charge in [-0.1, -0.05) is 59.6 Å². The first-order chi connectivity index (χ1) is 16.5. The lowest BCUT2D eigenvalue weighted by molar-refractivity contribution is 0.190. The molecule has 0 N–H and O–H groups in total. The molecule has 2 amide bonds. The zero-order chi connectivity index (χ0) is 24.1. The van der Waals surface area contributed by atoms with Crippen molar-refractivity contribution >= 4 is 41.2 Å². The molecule has 11 heteroatoms. The van der Waals surface area contributed by atoms with Gasteiger partial charge in [0.05, 0.1) is 16.2 Å². The van der Waals surface area contributed by atoms with Crippen molar-refractivity contribution in [1.29, 1.82) is 5.26 Å². The van der Waals surface area contributed by atoms with E-state index in [4.69, 9.17) is 32.7 Å². The van der Waals surface area contributed by atoms with Crippen molar-refractivity contribution < 1.29 is 19.1 Å². The molecule has 0 unspecified atom stereocenters. The minimum Gasteiger partial charge on any atom is -0.410 e. The lowest BCUT2D eigenvalue weighted by atomic mass is 10.3. The summed E-state index contributed by atoms with van der Waals surface area (Å²) in [6.45, 7) is 0. The van der Waals surface area contributed by atoms with Gasteiger partial charge in [-0.3, -0.25) is 0 Å². The number of pyridine rings is 1. The van der Waals surface area contributed by atoms with Gasteiger partial charge in [-0.25, -0.2) is 14.6 Å². The fraction of sp³-hybridized carbons (Fsp3) is 0. The maximum absolute atomic E-state index is 13.2. The number of nitrogens with zero attached hydrogens (tertiary/aromatic N) is 5. The average molecular weight is 494 g/mol. The van der Waals surface area contributed by atoms with E-state index in [0.717, 1.165) is 10.9 Å². The number of amides is 2. The second-order valence-electron chi connectivity index (χ2n) is 6.56. The molecule has 34 heavy (non-hydrogen) atoms. The number of hydrogen-bond acceptors (Lipinski definition) is 7. The van der Waals surface area contributed by atoms with E-state index >= 15 is 0 Å². The molecule has 4 aromatic rings. The molecular formula is C23H13Cl2N5O4. The largest absolute Gasteiger partial charge is 0.430 e. The Morgan fingerprint density at radius 2 is 1.47 bits per heavy atom. The molecule has 2 aromatic carbocycles. The summed E-state index contributed by atoms with van der Waals surface area (Å²) in [6, 6.07) is 19.5. The summed E-state index contributed by atoms with van der Waals surface area (Å²) in [7, 11) is 0. The van der Waals surface area contributed by atoms with Crippen LogP contribution in [0.4, 0.5) is 15.4 Å². The third-order valence-corrected chi connectivity index (χ3v) is 4.81. The van der Waals surface area contributed by atoms with Gasteiger partial charge in [-0.2, -0.15) is 19.9 Å². The van der Waals surface area contributed by atoms with E-state index in [9.17, 15) is 14.9 Å². The third kappa shape index (κ3) is 4.83. The first-order valence-corrected chi connectivity index (χ1v) is 10.4. The van der Waals surface area contributed by atoms with Gasteiger partial charge >= 0.3 is 12.2 Å². The number of carbonyl (C=O) groups excluding carboxylic acids is 2. The highest BCUT2D eigenvalue weighted by atomic mass is 35.5. The van der Waals surface area contributed by atoms with Crippen LogP contribution >= 0.6 is 23.2 Å². The highest BCUT2D eigenvalue weighted by Gasteiger charge is 2.34. The molecule has 0 aliphatic carbocycles. The second-order valence-corrected chi connectivity index (χ2v) is 7.41. The summed E-state index contributed by atoms with van der Waals surface area (Å²) >= 11 is 12.2. The quantitative estimate of drug-likeness (QED) is 0.361. The van der Waals surface area contributed by atoms with Gasteiger partial charge in [0.15, 0.2) is 11.6 Å². The first kappa shape index (κ1) is 22.8. The molecule has 0 aliphatic heterocycles. The SMILES string of the molecule is N#Cc1cnn(-c2ncc(Cl)cc2Cl)c1N(C(=O)Oc1ccccc1)C(=O)Oc1ccccc1. The van der Waals surface area contributed by atoms with Gasteiger partial charge in [-0.15, -0.1) is 0 Å². The van der Waals surface area contributed by atoms with Crippen LogP contribution in [0.25, 0.3) is 5.82 Å². The Kier molecular flexibility index (Phi) is 6.73. The summed E-state index contributed by atoms with van der Waals surface area (Å²) in [6.07, 6.45) is 0.168. The Hall–Kier alpha value is -4.39. The number of ether oxygens (including phenoxy) is 2. The van der Waals surface area contributed by atoms with E-state index in [0.29, 0.717) is 4.90 Å². The second kappa shape index (κ2) is 10.0. The summed E-state index contributed by atoms with van der Waals surface area (Å²) < 4.78 is 11.8. The number of carbonyl (C=O) groups is 2. The molecule has 0 spiro atoms. The number of rotatable bonds is 4. The molecule has 0 bridgehead atoms. The topological polar surface area (TPSA) is 110 Å². The maximum atomic E-state index is 13.2. The molecule has 9 nitrogen and oxygen atoms in total. The van der Waals surface area contributed by atoms with E-state index in [-0.39, 0.29) is 38.7 Å². The number of hydrogen-bond donors (Lipinski definition) is 0. The van der Waals surface area contributed by atoms with E-state index in [2.05, 4.69) is 10.1 Å². The Morgan fingerprint density at radius 3 is 1.97 bits per heavy atom. The molecule has 0 saturated carbocycles. The fourth-order valence-electron chi connectivity index (χ4n) is 2.87. The number of halogens is 2. The molecular weight excluding hydrogens is 481 g/mol. The van der Waals surface area contributed by atoms with Crippen LogP contribution < -0.4 is 14.4 Å². The van der Waals surface area contributed by atoms with Crippen LogP contribution in [0.15, 0.2) is 79.1 Å². The van der Waals surface area contributed by atoms with E-state index in [1.54, 1.807) is 36.4 Å². The number of anilines is 1. The van der Waals surface area contributed by atoms with E-state index in [1.807, 2.05) is 6.07 Å². The Morgan fingerprint density at radius 1 is 0.912 bits per heavy atom. The van der Waals surface area contributed by atoms with Gasteiger partial charge in [0.25, 0.3) is 0 Å². The van der Waals surface area contributed by atoms with E-state index in [1.165, 1.54) is 36.5 Å². The summed E-state index contributed by atoms with van der Waals surface area (Å²) in [5, 5.41) is 14.1. The van der Waals surface area contributed by atoms with Crippen molar-refractivity contribution in [2.24, 2.45) is 0 Å². The molecule has 0 aliphatic rings. The fourth-order valence-corrected chi connectivity index (χ4v) is 3.33. The van der Waals surface area contributed by atoms with Crippen molar-refractivity contribution in [2.45, 2.75) is 0 Å². The van der Waals surface area contributed by atoms with Gasteiger partial charge in [0.1, 0.15) is 23.1 Å². The Labute approximate surface area is 203 Å². The summed E-state index contributed by atoms with van der Waals surface area (Å²) in [5.74, 6) is 0.0724. The highest BCUT2D eigenvalue weighted by molar-refractivity contribution is 6.35. The molecule has 0 fully saturated rings. The van der Waals surface area contributed by atoms with Gasteiger partial charge in [0, 0.05) is 6.20 Å². The molecule has 2 aromatic heterocycles. The lowest BCUT2D eigenvalue weighted by Gasteiger charge is -2.21. The molecule has 0 atom stereocenters. The van der Waals surface area contributed by atoms with Gasteiger partial charge in [-0.05, 0) is 30.3 Å². The molecule has 0 radical (unpaired) electrons. The van der Waals surface area contributed by atoms with Crippen molar-refractivity contribution in [1.82, 2.24) is 14.8 Å². The lowest BCUT2D eigenvalue weighted by Crippen LogP contribution is -2.42. The number of nitriles is 1. The van der Waals surface area contributed by atoms with Crippen molar-refractivity contribution in [3.05, 3.63) is 94.7 Å². The molecule has 0 saturated heterocycles. The van der Waals surface area contributed by atoms with Crippen LogP contribution in [0.5, 0.6) is 11.5 Å². The van der Waals surface area contributed by atoms with Crippen LogP contribution in [0.1, 0.15) is 5.56 Å². The number of imide groups is 1. The standard InChI is InChI=1S/C23H13Cl2N5O4/c24-16-11-19(25)20(27-14-16)30-21(15(12-26)13-28-30)29(22(31)33-17-7-3-1-4-8-17)23(32)34-18-9-5-2-6-10-18/h1-11,13-14H. The molecule has 2 heterocycles. The minimum absolute atomic E-state index is 0.0209. The highest BCUT2D eigenvalue weighted by Crippen LogP contribution is 2.30. The van der Waals surface area contributed by atoms with Crippen molar-refractivity contribution in [3.8, 4) is 23.4 Å². The van der Waals surface area contributed by atoms with Crippen LogP contribution in [0.3, 0.4) is 0 Å². The smallest absolute Gasteiger partial charge is 0.410 e. The van der Waals surface area contributed by atoms with Crippen LogP contribution in [0, 0.1) is 11.3 Å². The van der Waals surface area contributed by atoms with E-state index < -0.39 is 12.2 Å². The first-order valence-electron chi connectivity index (χ1n) is 9.61. The Bertz CT molecular complexity index is 1330.